The summed E-state index contributed by atoms with van der Waals surface area (Å²) < 4.78 is 27.1. The van der Waals surface area contributed by atoms with E-state index in [9.17, 15) is 13.6 Å². The van der Waals surface area contributed by atoms with Gasteiger partial charge in [0.1, 0.15) is 11.6 Å². The minimum Gasteiger partial charge on any atom is -0.323 e. The molecule has 19 heavy (non-hydrogen) atoms. The molecule has 0 bridgehead atoms. The van der Waals surface area contributed by atoms with E-state index in [0.717, 1.165) is 31.4 Å². The second-order valence-electron chi connectivity index (χ2n) is 5.67. The standard InChI is InChI=1S/C14H16BrF2NO/c1-14(2)5-3-4-8(14)13(19)18-12-7-10(16)9(15)6-11(12)17/h6-8H,3-5H2,1-2H3,(H,18,19). The van der Waals surface area contributed by atoms with Crippen molar-refractivity contribution >= 4 is 27.5 Å². The zero-order valence-corrected chi connectivity index (χ0v) is 12.5. The molecule has 5 heteroatoms. The second kappa shape index (κ2) is 5.19. The minimum absolute atomic E-state index is 0.0456. The lowest BCUT2D eigenvalue weighted by Gasteiger charge is -2.25. The minimum atomic E-state index is -0.641. The Hall–Kier alpha value is -0.970. The van der Waals surface area contributed by atoms with Crippen LogP contribution < -0.4 is 5.32 Å². The van der Waals surface area contributed by atoms with Gasteiger partial charge in [0, 0.05) is 12.0 Å². The summed E-state index contributed by atoms with van der Waals surface area (Å²) in [6.07, 6.45) is 2.75. The number of benzene rings is 1. The predicted molar refractivity (Wildman–Crippen MR) is 73.8 cm³/mol. The molecule has 1 aromatic rings. The maximum atomic E-state index is 13.7. The molecule has 1 N–H and O–H groups in total. The molecule has 0 radical (unpaired) electrons. The van der Waals surface area contributed by atoms with Crippen LogP contribution in [0.4, 0.5) is 14.5 Å². The first-order valence-corrected chi connectivity index (χ1v) is 7.06. The molecule has 1 atom stereocenters. The van der Waals surface area contributed by atoms with Crippen molar-refractivity contribution in [2.45, 2.75) is 33.1 Å². The normalized spacial score (nSPS) is 21.4. The zero-order chi connectivity index (χ0) is 14.2. The summed E-state index contributed by atoms with van der Waals surface area (Å²) in [7, 11) is 0. The lowest BCUT2D eigenvalue weighted by atomic mass is 9.81. The maximum absolute atomic E-state index is 13.7. The average Bonchev–Trinajstić information content (AvgIpc) is 2.65. The third kappa shape index (κ3) is 2.96. The molecule has 0 saturated heterocycles. The van der Waals surface area contributed by atoms with E-state index in [0.29, 0.717) is 0 Å². The summed E-state index contributed by atoms with van der Waals surface area (Å²) in [6.45, 7) is 4.06. The molecular formula is C14H16BrF2NO. The van der Waals surface area contributed by atoms with E-state index in [2.05, 4.69) is 21.2 Å². The first-order chi connectivity index (χ1) is 8.81. The van der Waals surface area contributed by atoms with Gasteiger partial charge in [-0.25, -0.2) is 8.78 Å². The van der Waals surface area contributed by atoms with Crippen molar-refractivity contribution < 1.29 is 13.6 Å². The fourth-order valence-corrected chi connectivity index (χ4v) is 2.97. The van der Waals surface area contributed by atoms with Crippen LogP contribution in [0.2, 0.25) is 0 Å². The van der Waals surface area contributed by atoms with Gasteiger partial charge in [-0.3, -0.25) is 4.79 Å². The van der Waals surface area contributed by atoms with Gasteiger partial charge in [0.2, 0.25) is 5.91 Å². The number of nitrogens with one attached hydrogen (secondary N) is 1. The lowest BCUT2D eigenvalue weighted by Crippen LogP contribution is -2.31. The van der Waals surface area contributed by atoms with Crippen LogP contribution >= 0.6 is 15.9 Å². The van der Waals surface area contributed by atoms with E-state index in [1.807, 2.05) is 13.8 Å². The van der Waals surface area contributed by atoms with Gasteiger partial charge >= 0.3 is 0 Å². The van der Waals surface area contributed by atoms with Crippen LogP contribution in [0.1, 0.15) is 33.1 Å². The van der Waals surface area contributed by atoms with E-state index < -0.39 is 11.6 Å². The molecule has 0 aliphatic heterocycles. The number of anilines is 1. The molecule has 1 amide bonds. The maximum Gasteiger partial charge on any atom is 0.228 e. The van der Waals surface area contributed by atoms with Gasteiger partial charge in [-0.1, -0.05) is 20.3 Å². The summed E-state index contributed by atoms with van der Waals surface area (Å²) in [5.41, 5.74) is -0.192. The summed E-state index contributed by atoms with van der Waals surface area (Å²) >= 11 is 2.90. The Morgan fingerprint density at radius 2 is 2.05 bits per heavy atom. The van der Waals surface area contributed by atoms with Crippen LogP contribution in [0.15, 0.2) is 16.6 Å². The molecule has 2 rings (SSSR count). The Morgan fingerprint density at radius 3 is 2.63 bits per heavy atom. The van der Waals surface area contributed by atoms with Crippen LogP contribution in [0, 0.1) is 23.0 Å². The molecule has 1 aliphatic rings. The summed E-state index contributed by atoms with van der Waals surface area (Å²) in [5, 5.41) is 2.50. The molecular weight excluding hydrogens is 316 g/mol. The summed E-state index contributed by atoms with van der Waals surface area (Å²) in [4.78, 5) is 12.2. The van der Waals surface area contributed by atoms with Crippen LogP contribution in [-0.2, 0) is 4.79 Å². The molecule has 1 saturated carbocycles. The van der Waals surface area contributed by atoms with E-state index in [1.165, 1.54) is 0 Å². The van der Waals surface area contributed by atoms with Crippen molar-refractivity contribution in [3.8, 4) is 0 Å². The van der Waals surface area contributed by atoms with Gasteiger partial charge in [0.15, 0.2) is 0 Å². The SMILES string of the molecule is CC1(C)CCCC1C(=O)Nc1cc(F)c(Br)cc1F. The third-order valence-corrected chi connectivity index (χ3v) is 4.45. The number of hydrogen-bond donors (Lipinski definition) is 1. The monoisotopic (exact) mass is 331 g/mol. The van der Waals surface area contributed by atoms with Crippen LogP contribution in [0.5, 0.6) is 0 Å². The molecule has 1 fully saturated rings. The van der Waals surface area contributed by atoms with Crippen molar-refractivity contribution in [2.24, 2.45) is 11.3 Å². The highest BCUT2D eigenvalue weighted by Gasteiger charge is 2.39. The van der Waals surface area contributed by atoms with Crippen molar-refractivity contribution in [1.82, 2.24) is 0 Å². The molecule has 0 spiro atoms. The molecule has 2 nitrogen and oxygen atoms in total. The number of hydrogen-bond acceptors (Lipinski definition) is 1. The van der Waals surface area contributed by atoms with Crippen molar-refractivity contribution in [3.63, 3.8) is 0 Å². The molecule has 104 valence electrons. The molecule has 1 aromatic carbocycles. The molecule has 0 heterocycles. The van der Waals surface area contributed by atoms with Gasteiger partial charge in [0.25, 0.3) is 0 Å². The second-order valence-corrected chi connectivity index (χ2v) is 6.52. The smallest absolute Gasteiger partial charge is 0.228 e. The Balaban J connectivity index is 2.18. The number of amides is 1. The fourth-order valence-electron chi connectivity index (χ4n) is 2.65. The fraction of sp³-hybridized carbons (Fsp3) is 0.500. The van der Waals surface area contributed by atoms with Crippen molar-refractivity contribution in [3.05, 3.63) is 28.2 Å². The Kier molecular flexibility index (Phi) is 3.95. The van der Waals surface area contributed by atoms with Gasteiger partial charge in [-0.05, 0) is 40.3 Å². The van der Waals surface area contributed by atoms with Crippen LogP contribution in [0.3, 0.4) is 0 Å². The van der Waals surface area contributed by atoms with E-state index in [1.54, 1.807) is 0 Å². The first-order valence-electron chi connectivity index (χ1n) is 6.26. The number of carbonyl (C=O) groups is 1. The largest absolute Gasteiger partial charge is 0.323 e. The Bertz CT molecular complexity index is 516. The van der Waals surface area contributed by atoms with Crippen LogP contribution in [0.25, 0.3) is 0 Å². The van der Waals surface area contributed by atoms with Crippen molar-refractivity contribution in [1.29, 1.82) is 0 Å². The quantitative estimate of drug-likeness (QED) is 0.794. The predicted octanol–water partition coefficient (Wildman–Crippen LogP) is 4.49. The topological polar surface area (TPSA) is 29.1 Å². The van der Waals surface area contributed by atoms with E-state index >= 15 is 0 Å². The highest BCUT2D eigenvalue weighted by molar-refractivity contribution is 9.10. The first kappa shape index (κ1) is 14.4. The van der Waals surface area contributed by atoms with E-state index in [-0.39, 0.29) is 27.4 Å². The molecule has 1 aliphatic carbocycles. The van der Waals surface area contributed by atoms with Gasteiger partial charge in [-0.2, -0.15) is 0 Å². The van der Waals surface area contributed by atoms with Crippen molar-refractivity contribution in [2.75, 3.05) is 5.32 Å². The average molecular weight is 332 g/mol. The Morgan fingerprint density at radius 1 is 1.37 bits per heavy atom. The summed E-state index contributed by atoms with van der Waals surface area (Å²) in [5.74, 6) is -1.62. The van der Waals surface area contributed by atoms with Crippen LogP contribution in [-0.4, -0.2) is 5.91 Å². The molecule has 1 unspecified atom stereocenters. The van der Waals surface area contributed by atoms with Gasteiger partial charge in [-0.15, -0.1) is 0 Å². The van der Waals surface area contributed by atoms with Gasteiger partial charge < -0.3 is 5.32 Å². The van der Waals surface area contributed by atoms with Gasteiger partial charge in [0.05, 0.1) is 10.2 Å². The Labute approximate surface area is 119 Å². The van der Waals surface area contributed by atoms with E-state index in [4.69, 9.17) is 0 Å². The highest BCUT2D eigenvalue weighted by atomic mass is 79.9. The third-order valence-electron chi connectivity index (χ3n) is 3.84. The summed E-state index contributed by atoms with van der Waals surface area (Å²) in [6, 6.07) is 2.02. The number of rotatable bonds is 2. The highest BCUT2D eigenvalue weighted by Crippen LogP contribution is 2.43. The lowest BCUT2D eigenvalue weighted by molar-refractivity contribution is -0.122. The molecule has 0 aromatic heterocycles. The number of halogens is 3. The number of carbonyl (C=O) groups excluding carboxylic acids is 1. The zero-order valence-electron chi connectivity index (χ0n) is 10.9.